The number of aryl methyl sites for hydroxylation is 1. The molecule has 0 saturated carbocycles. The molecule has 2 unspecified atom stereocenters. The van der Waals surface area contributed by atoms with Crippen LogP contribution in [-0.4, -0.2) is 48.5 Å². The predicted molar refractivity (Wildman–Crippen MR) is 102 cm³/mol. The van der Waals surface area contributed by atoms with Crippen LogP contribution in [0.3, 0.4) is 0 Å². The summed E-state index contributed by atoms with van der Waals surface area (Å²) < 4.78 is 42.4. The number of aromatic nitrogens is 2. The third-order valence-electron chi connectivity index (χ3n) is 5.10. The van der Waals surface area contributed by atoms with Gasteiger partial charge in [0.05, 0.1) is 6.33 Å². The fourth-order valence-corrected chi connectivity index (χ4v) is 5.05. The zero-order valence-corrected chi connectivity index (χ0v) is 16.6. The Balaban J connectivity index is 1.80. The third kappa shape index (κ3) is 4.56. The van der Waals surface area contributed by atoms with Crippen molar-refractivity contribution in [1.82, 2.24) is 19.2 Å². The first-order chi connectivity index (χ1) is 12.9. The molecule has 2 aromatic rings. The number of unbranched alkanes of at least 4 members (excludes halogenated alkanes) is 1. The number of halogens is 1. The lowest BCUT2D eigenvalue weighted by Gasteiger charge is -2.19. The molecular formula is C19H27FN4O2S. The molecule has 1 saturated heterocycles. The zero-order valence-electron chi connectivity index (χ0n) is 15.8. The number of imidazole rings is 1. The minimum Gasteiger partial charge on any atom is -0.339 e. The van der Waals surface area contributed by atoms with Gasteiger partial charge in [-0.15, -0.1) is 0 Å². The van der Waals surface area contributed by atoms with E-state index in [0.717, 1.165) is 31.5 Å². The van der Waals surface area contributed by atoms with Gasteiger partial charge in [0, 0.05) is 32.3 Å². The zero-order chi connectivity index (χ0) is 19.4. The van der Waals surface area contributed by atoms with E-state index >= 15 is 0 Å². The average molecular weight is 395 g/mol. The molecule has 0 aliphatic carbocycles. The van der Waals surface area contributed by atoms with Gasteiger partial charge in [0.1, 0.15) is 5.82 Å². The Bertz CT molecular complexity index is 851. The van der Waals surface area contributed by atoms with E-state index in [9.17, 15) is 12.8 Å². The van der Waals surface area contributed by atoms with Gasteiger partial charge in [-0.05, 0) is 43.1 Å². The fraction of sp³-hybridized carbons (Fsp3) is 0.526. The molecule has 0 spiro atoms. The summed E-state index contributed by atoms with van der Waals surface area (Å²) in [5.74, 6) is -0.128. The van der Waals surface area contributed by atoms with E-state index in [4.69, 9.17) is 0 Å². The maximum Gasteiger partial charge on any atom is 0.262 e. The second-order valence-corrected chi connectivity index (χ2v) is 9.06. The standard InChI is InChI=1S/C19H27FN4O2S/c1-3-4-9-21-10-16-11-24(27(25,26)19-13-23(2)14-22-19)12-18(16)15-5-7-17(20)8-6-15/h5-8,13-14,16,18,21H,3-4,9-12H2,1-2H3. The summed E-state index contributed by atoms with van der Waals surface area (Å²) in [5.41, 5.74) is 0.970. The van der Waals surface area contributed by atoms with Crippen molar-refractivity contribution >= 4 is 10.0 Å². The highest BCUT2D eigenvalue weighted by molar-refractivity contribution is 7.89. The number of hydrogen-bond donors (Lipinski definition) is 1. The Morgan fingerprint density at radius 2 is 2.00 bits per heavy atom. The monoisotopic (exact) mass is 394 g/mol. The maximum atomic E-state index is 13.3. The molecule has 148 valence electrons. The van der Waals surface area contributed by atoms with Crippen LogP contribution in [-0.2, 0) is 17.1 Å². The Morgan fingerprint density at radius 3 is 2.63 bits per heavy atom. The van der Waals surface area contributed by atoms with Crippen LogP contribution in [0.1, 0.15) is 31.2 Å². The fourth-order valence-electron chi connectivity index (χ4n) is 3.57. The van der Waals surface area contributed by atoms with Crippen LogP contribution in [0.25, 0.3) is 0 Å². The number of nitrogens with one attached hydrogen (secondary N) is 1. The number of rotatable bonds is 8. The smallest absolute Gasteiger partial charge is 0.262 e. The highest BCUT2D eigenvalue weighted by Crippen LogP contribution is 2.35. The molecule has 6 nitrogen and oxygen atoms in total. The lowest BCUT2D eigenvalue weighted by atomic mass is 9.89. The minimum atomic E-state index is -3.64. The van der Waals surface area contributed by atoms with E-state index in [1.165, 1.54) is 29.0 Å². The number of hydrogen-bond acceptors (Lipinski definition) is 4. The molecule has 8 heteroatoms. The Kier molecular flexibility index (Phi) is 6.29. The summed E-state index contributed by atoms with van der Waals surface area (Å²) >= 11 is 0. The minimum absolute atomic E-state index is 0.0261. The molecular weight excluding hydrogens is 367 g/mol. The maximum absolute atomic E-state index is 13.3. The van der Waals surface area contributed by atoms with Gasteiger partial charge in [-0.25, -0.2) is 17.8 Å². The molecule has 27 heavy (non-hydrogen) atoms. The molecule has 1 N–H and O–H groups in total. The average Bonchev–Trinajstić information content (AvgIpc) is 3.27. The van der Waals surface area contributed by atoms with Crippen molar-refractivity contribution in [2.45, 2.75) is 30.7 Å². The summed E-state index contributed by atoms with van der Waals surface area (Å²) in [6.07, 6.45) is 5.21. The van der Waals surface area contributed by atoms with Crippen molar-refractivity contribution in [3.8, 4) is 0 Å². The second kappa shape index (κ2) is 8.50. The summed E-state index contributed by atoms with van der Waals surface area (Å²) in [6, 6.07) is 6.39. The SMILES string of the molecule is CCCCNCC1CN(S(=O)(=O)c2cn(C)cn2)CC1c1ccc(F)cc1. The third-order valence-corrected chi connectivity index (χ3v) is 6.82. The van der Waals surface area contributed by atoms with E-state index in [1.807, 2.05) is 0 Å². The Morgan fingerprint density at radius 1 is 1.26 bits per heavy atom. The summed E-state index contributed by atoms with van der Waals surface area (Å²) in [6.45, 7) is 4.59. The van der Waals surface area contributed by atoms with E-state index < -0.39 is 10.0 Å². The van der Waals surface area contributed by atoms with Gasteiger partial charge in [-0.1, -0.05) is 25.5 Å². The van der Waals surface area contributed by atoms with E-state index in [2.05, 4.69) is 17.2 Å². The van der Waals surface area contributed by atoms with Crippen molar-refractivity contribution in [2.75, 3.05) is 26.2 Å². The van der Waals surface area contributed by atoms with Gasteiger partial charge in [-0.2, -0.15) is 4.31 Å². The molecule has 1 aliphatic rings. The topological polar surface area (TPSA) is 67.2 Å². The van der Waals surface area contributed by atoms with Crippen LogP contribution in [0.2, 0.25) is 0 Å². The molecule has 0 radical (unpaired) electrons. The van der Waals surface area contributed by atoms with Gasteiger partial charge < -0.3 is 9.88 Å². The van der Waals surface area contributed by atoms with Crippen LogP contribution in [0.15, 0.2) is 41.8 Å². The normalized spacial score (nSPS) is 21.0. The van der Waals surface area contributed by atoms with E-state index in [0.29, 0.717) is 13.1 Å². The van der Waals surface area contributed by atoms with E-state index in [1.54, 1.807) is 23.7 Å². The lowest BCUT2D eigenvalue weighted by molar-refractivity contribution is 0.437. The Hall–Kier alpha value is -1.77. The highest BCUT2D eigenvalue weighted by Gasteiger charge is 2.40. The van der Waals surface area contributed by atoms with Crippen molar-refractivity contribution < 1.29 is 12.8 Å². The summed E-state index contributed by atoms with van der Waals surface area (Å²) in [7, 11) is -1.89. The van der Waals surface area contributed by atoms with Gasteiger partial charge in [0.2, 0.25) is 0 Å². The molecule has 1 aromatic carbocycles. The highest BCUT2D eigenvalue weighted by atomic mass is 32.2. The van der Waals surface area contributed by atoms with Crippen molar-refractivity contribution in [3.05, 3.63) is 48.2 Å². The van der Waals surface area contributed by atoms with Gasteiger partial charge in [-0.3, -0.25) is 0 Å². The largest absolute Gasteiger partial charge is 0.339 e. The van der Waals surface area contributed by atoms with Crippen molar-refractivity contribution in [2.24, 2.45) is 13.0 Å². The molecule has 0 bridgehead atoms. The number of sulfonamides is 1. The van der Waals surface area contributed by atoms with Gasteiger partial charge in [0.15, 0.2) is 5.03 Å². The summed E-state index contributed by atoms with van der Waals surface area (Å²) in [4.78, 5) is 4.02. The Labute approximate surface area is 160 Å². The van der Waals surface area contributed by atoms with Crippen molar-refractivity contribution in [1.29, 1.82) is 0 Å². The number of benzene rings is 1. The molecule has 1 aliphatic heterocycles. The first-order valence-electron chi connectivity index (χ1n) is 9.36. The van der Waals surface area contributed by atoms with Crippen molar-refractivity contribution in [3.63, 3.8) is 0 Å². The molecule has 2 atom stereocenters. The first kappa shape index (κ1) is 20.0. The van der Waals surface area contributed by atoms with Gasteiger partial charge >= 0.3 is 0 Å². The molecule has 1 fully saturated rings. The summed E-state index contributed by atoms with van der Waals surface area (Å²) in [5, 5.41) is 3.51. The second-order valence-electron chi connectivity index (χ2n) is 7.18. The molecule has 2 heterocycles. The van der Waals surface area contributed by atoms with Crippen LogP contribution in [0, 0.1) is 11.7 Å². The predicted octanol–water partition coefficient (Wildman–Crippen LogP) is 2.35. The lowest BCUT2D eigenvalue weighted by Crippen LogP contribution is -2.31. The molecule has 0 amide bonds. The molecule has 1 aromatic heterocycles. The quantitative estimate of drug-likeness (QED) is 0.698. The van der Waals surface area contributed by atoms with Crippen LogP contribution < -0.4 is 5.32 Å². The van der Waals surface area contributed by atoms with Gasteiger partial charge in [0.25, 0.3) is 10.0 Å². The molecule has 3 rings (SSSR count). The van der Waals surface area contributed by atoms with Crippen LogP contribution >= 0.6 is 0 Å². The van der Waals surface area contributed by atoms with Crippen LogP contribution in [0.4, 0.5) is 4.39 Å². The first-order valence-corrected chi connectivity index (χ1v) is 10.8. The number of nitrogens with zero attached hydrogens (tertiary/aromatic N) is 3. The van der Waals surface area contributed by atoms with Crippen LogP contribution in [0.5, 0.6) is 0 Å². The van der Waals surface area contributed by atoms with E-state index in [-0.39, 0.29) is 22.7 Å².